The first-order valence-corrected chi connectivity index (χ1v) is 15.0. The Morgan fingerprint density at radius 1 is 0.571 bits per heavy atom. The van der Waals surface area contributed by atoms with E-state index in [1.807, 2.05) is 0 Å². The van der Waals surface area contributed by atoms with Crippen LogP contribution in [0.2, 0.25) is 0 Å². The van der Waals surface area contributed by atoms with Gasteiger partial charge in [0.15, 0.2) is 29.5 Å². The summed E-state index contributed by atoms with van der Waals surface area (Å²) < 4.78 is 167. The van der Waals surface area contributed by atoms with Gasteiger partial charge in [-0.25, -0.2) is 0 Å². The molecule has 0 aliphatic rings. The van der Waals surface area contributed by atoms with Crippen LogP contribution in [-0.4, -0.2) is 41.8 Å². The van der Waals surface area contributed by atoms with Gasteiger partial charge in [0.25, 0.3) is 0 Å². The number of sulfone groups is 3. The molecule has 0 aromatic heterocycles. The van der Waals surface area contributed by atoms with E-state index in [1.165, 1.54) is 33.4 Å². The van der Waals surface area contributed by atoms with Gasteiger partial charge in [0.1, 0.15) is 0 Å². The summed E-state index contributed by atoms with van der Waals surface area (Å²) in [7, 11) is -24.1. The summed E-state index contributed by atoms with van der Waals surface area (Å²) in [6.07, 6.45) is 0. The van der Waals surface area contributed by atoms with Crippen molar-refractivity contribution >= 4 is 29.5 Å². The van der Waals surface area contributed by atoms with Gasteiger partial charge in [0.2, 0.25) is 0 Å². The minimum atomic E-state index is -8.02. The molecule has 0 N–H and O–H groups in total. The number of aryl methyl sites for hydroxylation is 2. The van der Waals surface area contributed by atoms with E-state index < -0.39 is 50.0 Å². The molecule has 0 aliphatic heterocycles. The van der Waals surface area contributed by atoms with E-state index in [-0.39, 0.29) is 17.1 Å². The van der Waals surface area contributed by atoms with Crippen LogP contribution in [0.3, 0.4) is 0 Å². The van der Waals surface area contributed by atoms with Gasteiger partial charge in [0.05, 0.1) is 3.91 Å². The van der Waals surface area contributed by atoms with Gasteiger partial charge < -0.3 is 0 Å². The van der Waals surface area contributed by atoms with Crippen molar-refractivity contribution in [3.05, 3.63) is 81.8 Å². The van der Waals surface area contributed by atoms with Crippen LogP contribution in [0, 0.1) is 17.8 Å². The third kappa shape index (κ3) is 7.35. The Balaban J connectivity index is 0.000000412. The SMILES string of the molecule is Cc1ccccc1-c1ccc[c-]1-c1ccccc1C.O=S(=O)([C-](S(=O)(=O)C(F)(F)F)S(=O)(=O)C(F)(F)F)C(F)(F)F.[Fe+2]. The molecule has 0 saturated heterocycles. The summed E-state index contributed by atoms with van der Waals surface area (Å²) in [6.45, 7) is 4.34. The summed E-state index contributed by atoms with van der Waals surface area (Å²) >= 11 is 0. The largest absolute Gasteiger partial charge is 2.00 e. The predicted octanol–water partition coefficient (Wildman–Crippen LogP) is 6.59. The Bertz CT molecular complexity index is 1560. The van der Waals surface area contributed by atoms with Crippen molar-refractivity contribution in [1.29, 1.82) is 0 Å². The molecule has 0 atom stereocenters. The Kier molecular flexibility index (Phi) is 11.3. The van der Waals surface area contributed by atoms with E-state index in [0.29, 0.717) is 0 Å². The molecule has 6 nitrogen and oxygen atoms in total. The minimum Gasteiger partial charge on any atom is -0.251 e. The molecule has 42 heavy (non-hydrogen) atoms. The molecule has 3 rings (SSSR count). The van der Waals surface area contributed by atoms with Crippen LogP contribution in [0.5, 0.6) is 0 Å². The second kappa shape index (κ2) is 12.6. The van der Waals surface area contributed by atoms with Crippen molar-refractivity contribution in [2.75, 3.05) is 0 Å². The smallest absolute Gasteiger partial charge is 0.251 e. The fourth-order valence-corrected chi connectivity index (χ4v) is 9.09. The number of hydrogen-bond donors (Lipinski definition) is 0. The van der Waals surface area contributed by atoms with E-state index in [0.717, 1.165) is 0 Å². The predicted molar refractivity (Wildman–Crippen MR) is 131 cm³/mol. The molecule has 3 aromatic rings. The maximum absolute atomic E-state index is 12.0. The average molecular weight is 712 g/mol. The van der Waals surface area contributed by atoms with Crippen molar-refractivity contribution in [3.63, 3.8) is 0 Å². The molecule has 0 aliphatic carbocycles. The minimum absolute atomic E-state index is 0. The maximum atomic E-state index is 12.0. The molecule has 0 fully saturated rings. The summed E-state index contributed by atoms with van der Waals surface area (Å²) in [4.78, 5) is 0. The van der Waals surface area contributed by atoms with Crippen molar-refractivity contribution in [2.24, 2.45) is 0 Å². The normalized spacial score (nSPS) is 13.2. The van der Waals surface area contributed by atoms with Crippen LogP contribution in [0.1, 0.15) is 11.1 Å². The van der Waals surface area contributed by atoms with Crippen LogP contribution >= 0.6 is 0 Å². The third-order valence-electron chi connectivity index (χ3n) is 5.26. The van der Waals surface area contributed by atoms with Crippen LogP contribution in [0.25, 0.3) is 22.3 Å². The van der Waals surface area contributed by atoms with Crippen molar-refractivity contribution in [2.45, 2.75) is 30.4 Å². The molecule has 0 amide bonds. The zero-order chi connectivity index (χ0) is 31.8. The van der Waals surface area contributed by atoms with E-state index >= 15 is 0 Å². The Labute approximate surface area is 245 Å². The topological polar surface area (TPSA) is 102 Å². The zero-order valence-electron chi connectivity index (χ0n) is 20.8. The average Bonchev–Trinajstić information content (AvgIpc) is 3.26. The molecule has 0 heterocycles. The second-order valence-electron chi connectivity index (χ2n) is 8.08. The first-order chi connectivity index (χ1) is 18.4. The zero-order valence-corrected chi connectivity index (χ0v) is 24.3. The molecule has 0 saturated carbocycles. The van der Waals surface area contributed by atoms with Crippen molar-refractivity contribution in [3.8, 4) is 22.3 Å². The molecule has 0 bridgehead atoms. The molecule has 234 valence electrons. The number of hydrogen-bond acceptors (Lipinski definition) is 6. The standard InChI is InChI=1S/C19H17.C4F9O6S3.Fe/c1-14-8-3-5-10-16(14)18-12-7-13-19(18)17-11-6-4-9-15(17)2;5-2(6,7)20(14,15)1(21(16,17)3(8,9)10)22(18,19)4(11,12)13;/h3-13H,1-2H3;;/q2*-1;+2. The van der Waals surface area contributed by atoms with E-state index in [9.17, 15) is 64.8 Å². The quantitative estimate of drug-likeness (QED) is 0.168. The molecular weight excluding hydrogens is 695 g/mol. The van der Waals surface area contributed by atoms with E-state index in [2.05, 4.69) is 80.6 Å². The van der Waals surface area contributed by atoms with E-state index in [4.69, 9.17) is 0 Å². The summed E-state index contributed by atoms with van der Waals surface area (Å²) in [5, 5.41) is 0. The molecule has 0 spiro atoms. The summed E-state index contributed by atoms with van der Waals surface area (Å²) in [6, 6.07) is 23.7. The van der Waals surface area contributed by atoms with Crippen molar-refractivity contribution in [1.82, 2.24) is 0 Å². The van der Waals surface area contributed by atoms with Crippen molar-refractivity contribution < 1.29 is 81.8 Å². The number of benzene rings is 2. The van der Waals surface area contributed by atoms with Gasteiger partial charge >= 0.3 is 33.6 Å². The van der Waals surface area contributed by atoms with Gasteiger partial charge in [-0.3, -0.25) is 25.3 Å². The second-order valence-corrected chi connectivity index (χ2v) is 14.5. The van der Waals surface area contributed by atoms with Gasteiger partial charge in [-0.15, -0.1) is 24.3 Å². The van der Waals surface area contributed by atoms with E-state index in [1.54, 1.807) is 0 Å². The molecule has 0 unspecified atom stereocenters. The fourth-order valence-electron chi connectivity index (χ4n) is 3.36. The Morgan fingerprint density at radius 3 is 1.33 bits per heavy atom. The van der Waals surface area contributed by atoms with Gasteiger partial charge in [-0.05, 0) is 6.92 Å². The molecule has 0 radical (unpaired) electrons. The van der Waals surface area contributed by atoms with Gasteiger partial charge in [-0.1, -0.05) is 82.8 Å². The third-order valence-corrected chi connectivity index (χ3v) is 12.4. The van der Waals surface area contributed by atoms with Crippen LogP contribution < -0.4 is 0 Å². The van der Waals surface area contributed by atoms with Gasteiger partial charge in [0, 0.05) is 0 Å². The number of rotatable bonds is 5. The summed E-state index contributed by atoms with van der Waals surface area (Å²) in [5.41, 5.74) is -13.2. The number of halogens is 9. The van der Waals surface area contributed by atoms with Gasteiger partial charge in [-0.2, -0.15) is 39.5 Å². The monoisotopic (exact) mass is 712 g/mol. The van der Waals surface area contributed by atoms with Crippen LogP contribution in [0.4, 0.5) is 39.5 Å². The number of alkyl halides is 9. The Hall–Kier alpha value is -2.47. The first kappa shape index (κ1) is 37.6. The Morgan fingerprint density at radius 2 is 0.952 bits per heavy atom. The summed E-state index contributed by atoms with van der Waals surface area (Å²) in [5.74, 6) is 0. The maximum Gasteiger partial charge on any atom is 2.00 e. The molecule has 3 aromatic carbocycles. The fraction of sp³-hybridized carbons (Fsp3) is 0.217. The molecular formula is C23H17F9FeO6S3. The molecule has 19 heteroatoms. The van der Waals surface area contributed by atoms with Crippen LogP contribution in [-0.2, 0) is 46.6 Å². The first-order valence-electron chi connectivity index (χ1n) is 10.6. The van der Waals surface area contributed by atoms with Crippen LogP contribution in [0.15, 0.2) is 66.7 Å².